The third kappa shape index (κ3) is 2.00. The fourth-order valence-electron chi connectivity index (χ4n) is 3.93. The Bertz CT molecular complexity index is 691. The van der Waals surface area contributed by atoms with E-state index < -0.39 is 0 Å². The number of nitrogens with zero attached hydrogens (tertiary/aromatic N) is 2. The third-order valence-corrected chi connectivity index (χ3v) is 5.19. The first kappa shape index (κ1) is 13.4. The predicted octanol–water partition coefficient (Wildman–Crippen LogP) is 2.79. The Morgan fingerprint density at radius 3 is 2.68 bits per heavy atom. The van der Waals surface area contributed by atoms with Gasteiger partial charge in [-0.2, -0.15) is 0 Å². The summed E-state index contributed by atoms with van der Waals surface area (Å²) in [7, 11) is 0. The number of amides is 1. The highest BCUT2D eigenvalue weighted by Gasteiger charge is 2.52. The standard InChI is InChI=1S/C17H18N2O3/c20-15-9-14(22-18-15)16(21)19-10-13(12-5-2-1-3-6-12)17(11-19)7-4-8-17/h1-3,5-6,9,13H,4,7-8,10-11H2,(H,18,20)/t13-/m0/s1. The van der Waals surface area contributed by atoms with Crippen LogP contribution in [-0.2, 0) is 0 Å². The van der Waals surface area contributed by atoms with Crippen LogP contribution in [0.15, 0.2) is 40.9 Å². The monoisotopic (exact) mass is 298 g/mol. The average Bonchev–Trinajstić information content (AvgIpc) is 3.11. The number of hydrogen-bond donors (Lipinski definition) is 1. The lowest BCUT2D eigenvalue weighted by Crippen LogP contribution is -2.37. The number of carbonyl (C=O) groups excluding carboxylic acids is 1. The highest BCUT2D eigenvalue weighted by molar-refractivity contribution is 5.92. The maximum absolute atomic E-state index is 12.5. The molecule has 1 aromatic carbocycles. The first-order valence-electron chi connectivity index (χ1n) is 7.68. The quantitative estimate of drug-likeness (QED) is 0.925. The highest BCUT2D eigenvalue weighted by Crippen LogP contribution is 2.55. The predicted molar refractivity (Wildman–Crippen MR) is 79.5 cm³/mol. The van der Waals surface area contributed by atoms with Gasteiger partial charge in [0.05, 0.1) is 6.07 Å². The molecule has 1 saturated carbocycles. The Kier molecular flexibility index (Phi) is 2.96. The van der Waals surface area contributed by atoms with E-state index >= 15 is 0 Å². The molecule has 5 nitrogen and oxygen atoms in total. The van der Waals surface area contributed by atoms with Crippen LogP contribution in [0.1, 0.15) is 41.3 Å². The molecule has 2 fully saturated rings. The Balaban J connectivity index is 1.61. The summed E-state index contributed by atoms with van der Waals surface area (Å²) < 4.78 is 4.91. The van der Waals surface area contributed by atoms with Gasteiger partial charge in [0, 0.05) is 19.0 Å². The van der Waals surface area contributed by atoms with Crippen LogP contribution in [0.5, 0.6) is 5.88 Å². The molecule has 1 aliphatic carbocycles. The van der Waals surface area contributed by atoms with Gasteiger partial charge in [0.1, 0.15) is 0 Å². The molecule has 2 aromatic rings. The van der Waals surface area contributed by atoms with E-state index in [1.165, 1.54) is 18.1 Å². The van der Waals surface area contributed by atoms with E-state index in [0.29, 0.717) is 12.5 Å². The van der Waals surface area contributed by atoms with Crippen molar-refractivity contribution >= 4 is 5.91 Å². The molecule has 114 valence electrons. The van der Waals surface area contributed by atoms with E-state index in [1.54, 1.807) is 0 Å². The van der Waals surface area contributed by atoms with E-state index in [-0.39, 0.29) is 23.0 Å². The number of likely N-dealkylation sites (tertiary alicyclic amines) is 1. The SMILES string of the molecule is O=C(c1cc(O)no1)N1C[C@@H](c2ccccc2)C2(CCC2)C1. The van der Waals surface area contributed by atoms with Crippen molar-refractivity contribution in [3.05, 3.63) is 47.7 Å². The van der Waals surface area contributed by atoms with Crippen molar-refractivity contribution in [2.45, 2.75) is 25.2 Å². The van der Waals surface area contributed by atoms with Crippen LogP contribution in [0.2, 0.25) is 0 Å². The van der Waals surface area contributed by atoms with E-state index in [4.69, 9.17) is 4.52 Å². The summed E-state index contributed by atoms with van der Waals surface area (Å²) in [5.74, 6) is 0.0571. The molecule has 2 heterocycles. The summed E-state index contributed by atoms with van der Waals surface area (Å²) in [6.45, 7) is 1.46. The van der Waals surface area contributed by atoms with Gasteiger partial charge in [-0.25, -0.2) is 0 Å². The minimum atomic E-state index is -0.250. The van der Waals surface area contributed by atoms with Gasteiger partial charge in [-0.1, -0.05) is 36.8 Å². The zero-order valence-corrected chi connectivity index (χ0v) is 12.2. The summed E-state index contributed by atoms with van der Waals surface area (Å²) in [5.41, 5.74) is 1.51. The second-order valence-electron chi connectivity index (χ2n) is 6.41. The van der Waals surface area contributed by atoms with E-state index in [2.05, 4.69) is 29.4 Å². The van der Waals surface area contributed by atoms with Crippen molar-refractivity contribution in [1.82, 2.24) is 10.1 Å². The molecule has 4 rings (SSSR count). The van der Waals surface area contributed by atoms with Gasteiger partial charge in [-0.15, -0.1) is 0 Å². The molecule has 1 spiro atoms. The molecule has 0 bridgehead atoms. The maximum Gasteiger partial charge on any atom is 0.292 e. The van der Waals surface area contributed by atoms with Crippen LogP contribution in [0.3, 0.4) is 0 Å². The van der Waals surface area contributed by atoms with Crippen molar-refractivity contribution in [2.75, 3.05) is 13.1 Å². The number of aromatic nitrogens is 1. The van der Waals surface area contributed by atoms with Crippen LogP contribution in [-0.4, -0.2) is 34.2 Å². The van der Waals surface area contributed by atoms with Crippen molar-refractivity contribution in [1.29, 1.82) is 0 Å². The number of hydrogen-bond acceptors (Lipinski definition) is 4. The second-order valence-corrected chi connectivity index (χ2v) is 6.41. The molecule has 2 aliphatic rings. The van der Waals surface area contributed by atoms with Gasteiger partial charge in [0.2, 0.25) is 5.76 Å². The van der Waals surface area contributed by atoms with E-state index in [0.717, 1.165) is 19.4 Å². The molecule has 22 heavy (non-hydrogen) atoms. The average molecular weight is 298 g/mol. The van der Waals surface area contributed by atoms with Crippen LogP contribution in [0.25, 0.3) is 0 Å². The van der Waals surface area contributed by atoms with Crippen LogP contribution >= 0.6 is 0 Å². The summed E-state index contributed by atoms with van der Waals surface area (Å²) in [4.78, 5) is 14.4. The van der Waals surface area contributed by atoms with Gasteiger partial charge in [0.15, 0.2) is 0 Å². The van der Waals surface area contributed by atoms with Gasteiger partial charge in [-0.05, 0) is 29.0 Å². The third-order valence-electron chi connectivity index (χ3n) is 5.19. The maximum atomic E-state index is 12.5. The van der Waals surface area contributed by atoms with Crippen molar-refractivity contribution in [3.63, 3.8) is 0 Å². The number of carbonyl (C=O) groups is 1. The zero-order chi connectivity index (χ0) is 15.2. The second kappa shape index (κ2) is 4.87. The van der Waals surface area contributed by atoms with Crippen molar-refractivity contribution < 1.29 is 14.4 Å². The Morgan fingerprint density at radius 1 is 1.32 bits per heavy atom. The summed E-state index contributed by atoms with van der Waals surface area (Å²) in [6.07, 6.45) is 3.56. The molecule has 1 amide bonds. The lowest BCUT2D eigenvalue weighted by Gasteiger charge is -2.42. The fourth-order valence-corrected chi connectivity index (χ4v) is 3.93. The zero-order valence-electron chi connectivity index (χ0n) is 12.2. The fraction of sp³-hybridized carbons (Fsp3) is 0.412. The molecule has 0 radical (unpaired) electrons. The summed E-state index contributed by atoms with van der Waals surface area (Å²) in [5, 5.41) is 12.6. The minimum absolute atomic E-state index is 0.112. The number of benzene rings is 1. The van der Waals surface area contributed by atoms with Crippen molar-refractivity contribution in [3.8, 4) is 5.88 Å². The Morgan fingerprint density at radius 2 is 2.09 bits per heavy atom. The molecular weight excluding hydrogens is 280 g/mol. The molecule has 1 saturated heterocycles. The Labute approximate surface area is 128 Å². The van der Waals surface area contributed by atoms with E-state index in [1.807, 2.05) is 11.0 Å². The summed E-state index contributed by atoms with van der Waals surface area (Å²) in [6, 6.07) is 11.7. The summed E-state index contributed by atoms with van der Waals surface area (Å²) >= 11 is 0. The lowest BCUT2D eigenvalue weighted by atomic mass is 9.61. The molecule has 0 unspecified atom stereocenters. The van der Waals surface area contributed by atoms with Gasteiger partial charge in [-0.3, -0.25) is 4.79 Å². The molecule has 1 aromatic heterocycles. The largest absolute Gasteiger partial charge is 0.491 e. The van der Waals surface area contributed by atoms with Gasteiger partial charge >= 0.3 is 0 Å². The molecule has 5 heteroatoms. The number of rotatable bonds is 2. The first-order valence-corrected chi connectivity index (χ1v) is 7.68. The lowest BCUT2D eigenvalue weighted by molar-refractivity contribution is 0.0686. The van der Waals surface area contributed by atoms with Gasteiger partial charge in [0.25, 0.3) is 11.8 Å². The van der Waals surface area contributed by atoms with Crippen LogP contribution in [0, 0.1) is 5.41 Å². The van der Waals surface area contributed by atoms with Crippen LogP contribution < -0.4 is 0 Å². The van der Waals surface area contributed by atoms with Crippen molar-refractivity contribution in [2.24, 2.45) is 5.41 Å². The number of aromatic hydroxyl groups is 1. The molecule has 1 atom stereocenters. The van der Waals surface area contributed by atoms with Gasteiger partial charge < -0.3 is 14.5 Å². The Hall–Kier alpha value is -2.30. The smallest absolute Gasteiger partial charge is 0.292 e. The molecule has 1 aliphatic heterocycles. The highest BCUT2D eigenvalue weighted by atomic mass is 16.5. The molecule has 1 N–H and O–H groups in total. The molecular formula is C17H18N2O3. The van der Waals surface area contributed by atoms with E-state index in [9.17, 15) is 9.90 Å². The first-order chi connectivity index (χ1) is 10.7. The minimum Gasteiger partial charge on any atom is -0.491 e. The normalized spacial score (nSPS) is 22.7. The topological polar surface area (TPSA) is 66.6 Å². The van der Waals surface area contributed by atoms with Crippen LogP contribution in [0.4, 0.5) is 0 Å².